The highest BCUT2D eigenvalue weighted by atomic mass is 79.9. The second-order valence-corrected chi connectivity index (χ2v) is 8.13. The van der Waals surface area contributed by atoms with Crippen LogP contribution in [0.2, 0.25) is 0 Å². The molecule has 0 amide bonds. The number of H-pyrrole nitrogens is 1. The molecule has 2 aliphatic rings. The summed E-state index contributed by atoms with van der Waals surface area (Å²) in [5, 5.41) is 4.77. The summed E-state index contributed by atoms with van der Waals surface area (Å²) in [6, 6.07) is 14.8. The minimum Gasteiger partial charge on any atom is -0.346 e. The highest BCUT2D eigenvalue weighted by molar-refractivity contribution is 9.10. The van der Waals surface area contributed by atoms with Crippen LogP contribution < -0.4 is 0 Å². The second kappa shape index (κ2) is 4.54. The average Bonchev–Trinajstić information content (AvgIpc) is 3.02. The number of benzene rings is 2. The van der Waals surface area contributed by atoms with Gasteiger partial charge in [0.1, 0.15) is 9.84 Å². The number of nitrogens with zero attached hydrogens (tertiary/aromatic N) is 1. The molecule has 0 saturated carbocycles. The van der Waals surface area contributed by atoms with E-state index in [1.165, 1.54) is 26.6 Å². The van der Waals surface area contributed by atoms with Crippen molar-refractivity contribution in [1.29, 1.82) is 0 Å². The molecule has 3 aromatic rings. The van der Waals surface area contributed by atoms with E-state index in [1.807, 2.05) is 6.07 Å². The third-order valence-corrected chi connectivity index (χ3v) is 5.97. The number of fused-ring (bicyclic) bond motifs is 6. The Labute approximate surface area is 146 Å². The molecular formula is C17H8Br2N2S. The summed E-state index contributed by atoms with van der Waals surface area (Å²) in [6.07, 6.45) is 0. The molecule has 3 heterocycles. The number of hydrogen-bond acceptors (Lipinski definition) is 2. The van der Waals surface area contributed by atoms with Crippen LogP contribution in [-0.2, 0) is 0 Å². The fourth-order valence-electron chi connectivity index (χ4n) is 2.95. The minimum atomic E-state index is 1.05. The van der Waals surface area contributed by atoms with Gasteiger partial charge in [0.2, 0.25) is 0 Å². The van der Waals surface area contributed by atoms with Crippen LogP contribution in [0.5, 0.6) is 0 Å². The summed E-state index contributed by atoms with van der Waals surface area (Å²) >= 11 is 8.84. The molecule has 2 nitrogen and oxygen atoms in total. The van der Waals surface area contributed by atoms with Crippen LogP contribution in [0, 0.1) is 0 Å². The molecule has 0 spiro atoms. The lowest BCUT2D eigenvalue weighted by atomic mass is 10.1. The summed E-state index contributed by atoms with van der Waals surface area (Å²) in [5.41, 5.74) is 3.43. The van der Waals surface area contributed by atoms with Crippen LogP contribution in [-0.4, -0.2) is 9.97 Å². The van der Waals surface area contributed by atoms with Gasteiger partial charge in [-0.2, -0.15) is 0 Å². The summed E-state index contributed by atoms with van der Waals surface area (Å²) in [6.45, 7) is 0. The highest BCUT2D eigenvalue weighted by Crippen LogP contribution is 2.41. The summed E-state index contributed by atoms with van der Waals surface area (Å²) < 4.78 is 2.18. The van der Waals surface area contributed by atoms with Gasteiger partial charge in [0, 0.05) is 36.2 Å². The maximum absolute atomic E-state index is 4.76. The number of halogens is 2. The molecular weight excluding hydrogens is 424 g/mol. The predicted molar refractivity (Wildman–Crippen MR) is 101 cm³/mol. The van der Waals surface area contributed by atoms with E-state index in [1.54, 1.807) is 11.3 Å². The van der Waals surface area contributed by atoms with Gasteiger partial charge in [0.05, 0.1) is 5.52 Å². The van der Waals surface area contributed by atoms with Gasteiger partial charge in [0.25, 0.3) is 0 Å². The third-order valence-electron chi connectivity index (χ3n) is 3.95. The Morgan fingerprint density at radius 3 is 2.50 bits per heavy atom. The average molecular weight is 432 g/mol. The zero-order valence-electron chi connectivity index (χ0n) is 11.2. The zero-order chi connectivity index (χ0) is 14.8. The Balaban J connectivity index is 1.99. The van der Waals surface area contributed by atoms with Gasteiger partial charge in [-0.3, -0.25) is 0 Å². The van der Waals surface area contributed by atoms with Crippen molar-refractivity contribution >= 4 is 75.2 Å². The van der Waals surface area contributed by atoms with Crippen molar-refractivity contribution < 1.29 is 0 Å². The van der Waals surface area contributed by atoms with Crippen molar-refractivity contribution in [2.45, 2.75) is 0 Å². The van der Waals surface area contributed by atoms with Crippen LogP contribution in [0.4, 0.5) is 0 Å². The van der Waals surface area contributed by atoms with Crippen molar-refractivity contribution in [3.05, 3.63) is 51.4 Å². The molecule has 22 heavy (non-hydrogen) atoms. The van der Waals surface area contributed by atoms with Crippen LogP contribution >= 0.6 is 43.2 Å². The Bertz CT molecular complexity index is 1150. The Kier molecular flexibility index (Phi) is 2.69. The smallest absolute Gasteiger partial charge is 0.126 e. The first kappa shape index (κ1) is 13.0. The Morgan fingerprint density at radius 1 is 0.864 bits per heavy atom. The molecule has 1 aromatic heterocycles. The number of nitrogens with one attached hydrogen (secondary N) is 1. The predicted octanol–water partition coefficient (Wildman–Crippen LogP) is 6.56. The van der Waals surface area contributed by atoms with Gasteiger partial charge >= 0.3 is 0 Å². The van der Waals surface area contributed by atoms with Gasteiger partial charge in [-0.25, -0.2) is 4.98 Å². The largest absolute Gasteiger partial charge is 0.346 e. The maximum atomic E-state index is 4.76. The van der Waals surface area contributed by atoms with E-state index in [9.17, 15) is 0 Å². The molecule has 2 aromatic carbocycles. The fourth-order valence-corrected chi connectivity index (χ4v) is 4.73. The summed E-state index contributed by atoms with van der Waals surface area (Å²) in [7, 11) is 0. The van der Waals surface area contributed by atoms with E-state index in [2.05, 4.69) is 73.2 Å². The quantitative estimate of drug-likeness (QED) is 0.295. The molecule has 5 rings (SSSR count). The fraction of sp³-hybridized carbons (Fsp3) is 0. The summed E-state index contributed by atoms with van der Waals surface area (Å²) in [5.74, 6) is 0. The van der Waals surface area contributed by atoms with Crippen molar-refractivity contribution in [1.82, 2.24) is 9.97 Å². The maximum Gasteiger partial charge on any atom is 0.126 e. The first-order valence-corrected chi connectivity index (χ1v) is 9.19. The van der Waals surface area contributed by atoms with Crippen LogP contribution in [0.25, 0.3) is 42.6 Å². The van der Waals surface area contributed by atoms with Crippen molar-refractivity contribution in [2.24, 2.45) is 0 Å². The molecule has 0 unspecified atom stereocenters. The first-order chi connectivity index (χ1) is 10.7. The molecule has 106 valence electrons. The highest BCUT2D eigenvalue weighted by Gasteiger charge is 2.16. The van der Waals surface area contributed by atoms with E-state index >= 15 is 0 Å². The molecule has 0 bridgehead atoms. The molecule has 0 fully saturated rings. The standard InChI is InChI=1S/C17H8Br2N2S/c18-8-1-3-14-10(5-8)12-7-13-11-6-9(19)2-4-15(11)21-17(13)22-16(12)20-14/h1-7,20H. The van der Waals surface area contributed by atoms with Crippen molar-refractivity contribution in [3.8, 4) is 10.6 Å². The zero-order valence-corrected chi connectivity index (χ0v) is 15.1. The molecule has 0 aliphatic carbocycles. The first-order valence-electron chi connectivity index (χ1n) is 6.79. The lowest BCUT2D eigenvalue weighted by molar-refractivity contribution is 1.52. The molecule has 0 saturated heterocycles. The van der Waals surface area contributed by atoms with Gasteiger partial charge < -0.3 is 4.98 Å². The molecule has 2 aliphatic heterocycles. The lowest BCUT2D eigenvalue weighted by Crippen LogP contribution is -1.73. The molecule has 5 heteroatoms. The van der Waals surface area contributed by atoms with Crippen LogP contribution in [0.15, 0.2) is 51.4 Å². The van der Waals surface area contributed by atoms with Gasteiger partial charge in [0.15, 0.2) is 0 Å². The minimum absolute atomic E-state index is 1.05. The third kappa shape index (κ3) is 1.79. The normalized spacial score (nSPS) is 12.1. The van der Waals surface area contributed by atoms with E-state index in [0.29, 0.717) is 0 Å². The van der Waals surface area contributed by atoms with Gasteiger partial charge in [-0.1, -0.05) is 43.2 Å². The SMILES string of the molecule is Brc1ccc2nc3sc4[nH]c5ccc(Br)cc5c4cc-3c2c1. The van der Waals surface area contributed by atoms with Gasteiger partial charge in [-0.15, -0.1) is 0 Å². The van der Waals surface area contributed by atoms with Gasteiger partial charge in [-0.05, 0) is 42.5 Å². The Hall–Kier alpha value is -1.43. The van der Waals surface area contributed by atoms with Crippen LogP contribution in [0.1, 0.15) is 0 Å². The summed E-state index contributed by atoms with van der Waals surface area (Å²) in [4.78, 5) is 9.43. The Morgan fingerprint density at radius 2 is 1.64 bits per heavy atom. The van der Waals surface area contributed by atoms with E-state index in [0.717, 1.165) is 25.0 Å². The second-order valence-electron chi connectivity index (χ2n) is 5.30. The van der Waals surface area contributed by atoms with Crippen molar-refractivity contribution in [2.75, 3.05) is 0 Å². The number of aromatic amines is 1. The van der Waals surface area contributed by atoms with E-state index in [-0.39, 0.29) is 0 Å². The molecule has 0 radical (unpaired) electrons. The van der Waals surface area contributed by atoms with E-state index in [4.69, 9.17) is 4.98 Å². The number of rotatable bonds is 0. The number of hydrogen-bond donors (Lipinski definition) is 1. The van der Waals surface area contributed by atoms with E-state index < -0.39 is 0 Å². The topological polar surface area (TPSA) is 28.7 Å². The monoisotopic (exact) mass is 430 g/mol. The molecule has 1 N–H and O–H groups in total. The van der Waals surface area contributed by atoms with Crippen molar-refractivity contribution in [3.63, 3.8) is 0 Å². The van der Waals surface area contributed by atoms with Crippen LogP contribution in [0.3, 0.4) is 0 Å². The lowest BCUT2D eigenvalue weighted by Gasteiger charge is -1.99. The molecule has 0 atom stereocenters. The number of aromatic nitrogens is 2.